The number of benzene rings is 1. The summed E-state index contributed by atoms with van der Waals surface area (Å²) < 4.78 is 5.39. The summed E-state index contributed by atoms with van der Waals surface area (Å²) in [4.78, 5) is 14.8. The SMILES string of the molecule is CCC(CC)c1cc(CNC(=NC)NCCNc2ccccc2[N+](=O)[O-])on1.I. The number of para-hydroxylation sites is 2. The molecule has 0 aliphatic rings. The molecular formula is C19H29IN6O3. The number of aliphatic imine (C=N–C) groups is 1. The number of nitrogens with zero attached hydrogens (tertiary/aromatic N) is 3. The minimum atomic E-state index is -0.399. The molecule has 0 amide bonds. The summed E-state index contributed by atoms with van der Waals surface area (Å²) in [6.45, 7) is 5.81. The molecule has 0 saturated heterocycles. The highest BCUT2D eigenvalue weighted by Gasteiger charge is 2.13. The molecule has 10 heteroatoms. The van der Waals surface area contributed by atoms with Crippen LogP contribution < -0.4 is 16.0 Å². The van der Waals surface area contributed by atoms with Crippen LogP contribution in [-0.4, -0.2) is 36.2 Å². The third kappa shape index (κ3) is 7.52. The lowest BCUT2D eigenvalue weighted by atomic mass is 9.99. The van der Waals surface area contributed by atoms with Crippen LogP contribution in [0.5, 0.6) is 0 Å². The van der Waals surface area contributed by atoms with Gasteiger partial charge in [-0.2, -0.15) is 0 Å². The Morgan fingerprint density at radius 2 is 1.97 bits per heavy atom. The zero-order chi connectivity index (χ0) is 20.4. The quantitative estimate of drug-likeness (QED) is 0.110. The fourth-order valence-corrected chi connectivity index (χ4v) is 2.86. The van der Waals surface area contributed by atoms with Crippen molar-refractivity contribution in [1.82, 2.24) is 15.8 Å². The molecule has 0 bridgehead atoms. The van der Waals surface area contributed by atoms with Gasteiger partial charge in [0.2, 0.25) is 0 Å². The molecule has 2 aromatic rings. The molecule has 1 aromatic carbocycles. The third-order valence-corrected chi connectivity index (χ3v) is 4.47. The number of guanidine groups is 1. The van der Waals surface area contributed by atoms with Crippen molar-refractivity contribution < 1.29 is 9.45 Å². The standard InChI is InChI=1S/C19H28N6O3.HI/c1-4-14(5-2)17-12-15(28-24-17)13-23-19(20-3)22-11-10-21-16-8-6-7-9-18(16)25(26)27;/h6-9,12,14,21H,4-5,10-11,13H2,1-3H3,(H2,20,22,23);1H. The fraction of sp³-hybridized carbons (Fsp3) is 0.474. The van der Waals surface area contributed by atoms with E-state index in [-0.39, 0.29) is 29.7 Å². The van der Waals surface area contributed by atoms with E-state index in [0.29, 0.717) is 37.2 Å². The molecule has 0 aliphatic carbocycles. The van der Waals surface area contributed by atoms with E-state index in [4.69, 9.17) is 4.52 Å². The van der Waals surface area contributed by atoms with E-state index in [2.05, 4.69) is 39.9 Å². The first-order valence-electron chi connectivity index (χ1n) is 9.46. The van der Waals surface area contributed by atoms with Crippen molar-refractivity contribution in [3.63, 3.8) is 0 Å². The Kier molecular flexibility index (Phi) is 11.0. The Morgan fingerprint density at radius 1 is 1.24 bits per heavy atom. The van der Waals surface area contributed by atoms with E-state index >= 15 is 0 Å². The van der Waals surface area contributed by atoms with Gasteiger partial charge in [0.1, 0.15) is 5.69 Å². The summed E-state index contributed by atoms with van der Waals surface area (Å²) in [7, 11) is 1.68. The molecule has 0 radical (unpaired) electrons. The molecule has 0 aliphatic heterocycles. The number of hydrogen-bond donors (Lipinski definition) is 3. The number of nitro benzene ring substituents is 1. The van der Waals surface area contributed by atoms with Crippen LogP contribution in [0.15, 0.2) is 39.8 Å². The van der Waals surface area contributed by atoms with Gasteiger partial charge in [-0.15, -0.1) is 24.0 Å². The van der Waals surface area contributed by atoms with Crippen LogP contribution in [0.2, 0.25) is 0 Å². The summed E-state index contributed by atoms with van der Waals surface area (Å²) in [6, 6.07) is 8.55. The Balaban J connectivity index is 0.00000420. The molecule has 1 heterocycles. The minimum Gasteiger partial charge on any atom is -0.378 e. The number of nitro groups is 1. The monoisotopic (exact) mass is 516 g/mol. The van der Waals surface area contributed by atoms with Gasteiger partial charge in [0, 0.05) is 38.2 Å². The third-order valence-electron chi connectivity index (χ3n) is 4.47. The summed E-state index contributed by atoms with van der Waals surface area (Å²) in [5, 5.41) is 24.6. The second-order valence-corrected chi connectivity index (χ2v) is 6.29. The highest BCUT2D eigenvalue weighted by atomic mass is 127. The normalized spacial score (nSPS) is 11.1. The summed E-state index contributed by atoms with van der Waals surface area (Å²) in [6.07, 6.45) is 2.07. The van der Waals surface area contributed by atoms with Crippen LogP contribution in [0, 0.1) is 10.1 Å². The van der Waals surface area contributed by atoms with Crippen molar-refractivity contribution >= 4 is 41.3 Å². The molecule has 0 spiro atoms. The van der Waals surface area contributed by atoms with Crippen molar-refractivity contribution in [1.29, 1.82) is 0 Å². The number of hydrogen-bond acceptors (Lipinski definition) is 6. The topological polar surface area (TPSA) is 118 Å². The largest absolute Gasteiger partial charge is 0.378 e. The van der Waals surface area contributed by atoms with Crippen LogP contribution in [0.1, 0.15) is 44.1 Å². The van der Waals surface area contributed by atoms with Gasteiger partial charge < -0.3 is 20.5 Å². The predicted molar refractivity (Wildman–Crippen MR) is 125 cm³/mol. The molecule has 0 saturated carbocycles. The van der Waals surface area contributed by atoms with Crippen molar-refractivity contribution in [2.45, 2.75) is 39.2 Å². The highest BCUT2D eigenvalue weighted by molar-refractivity contribution is 14.0. The average Bonchev–Trinajstić information content (AvgIpc) is 3.17. The Bertz CT molecular complexity index is 792. The van der Waals surface area contributed by atoms with Gasteiger partial charge in [-0.3, -0.25) is 15.1 Å². The number of aromatic nitrogens is 1. The molecule has 160 valence electrons. The first-order valence-corrected chi connectivity index (χ1v) is 9.46. The fourth-order valence-electron chi connectivity index (χ4n) is 2.86. The number of nitrogens with one attached hydrogen (secondary N) is 3. The number of anilines is 1. The summed E-state index contributed by atoms with van der Waals surface area (Å²) in [5.74, 6) is 1.79. The average molecular weight is 516 g/mol. The lowest BCUT2D eigenvalue weighted by Gasteiger charge is -2.12. The highest BCUT2D eigenvalue weighted by Crippen LogP contribution is 2.23. The molecule has 0 fully saturated rings. The van der Waals surface area contributed by atoms with Gasteiger partial charge in [-0.05, 0) is 18.9 Å². The van der Waals surface area contributed by atoms with Crippen molar-refractivity contribution in [3.05, 3.63) is 51.9 Å². The first kappa shape index (κ1) is 24.7. The van der Waals surface area contributed by atoms with Gasteiger partial charge in [-0.1, -0.05) is 31.1 Å². The van der Waals surface area contributed by atoms with Crippen LogP contribution in [0.4, 0.5) is 11.4 Å². The molecule has 0 atom stereocenters. The van der Waals surface area contributed by atoms with Crippen LogP contribution >= 0.6 is 24.0 Å². The van der Waals surface area contributed by atoms with Crippen LogP contribution in [0.3, 0.4) is 0 Å². The molecule has 9 nitrogen and oxygen atoms in total. The molecule has 3 N–H and O–H groups in total. The van der Waals surface area contributed by atoms with Gasteiger partial charge in [0.15, 0.2) is 11.7 Å². The Morgan fingerprint density at radius 3 is 2.62 bits per heavy atom. The van der Waals surface area contributed by atoms with E-state index in [1.807, 2.05) is 6.07 Å². The first-order chi connectivity index (χ1) is 13.6. The lowest BCUT2D eigenvalue weighted by Crippen LogP contribution is -2.39. The lowest BCUT2D eigenvalue weighted by molar-refractivity contribution is -0.384. The van der Waals surface area contributed by atoms with Crippen molar-refractivity contribution in [3.8, 4) is 0 Å². The Labute approximate surface area is 187 Å². The smallest absolute Gasteiger partial charge is 0.292 e. The predicted octanol–water partition coefficient (Wildman–Crippen LogP) is 3.88. The van der Waals surface area contributed by atoms with Gasteiger partial charge >= 0.3 is 0 Å². The second kappa shape index (κ2) is 13.0. The van der Waals surface area contributed by atoms with E-state index < -0.39 is 4.92 Å². The zero-order valence-electron chi connectivity index (χ0n) is 17.0. The van der Waals surface area contributed by atoms with E-state index in [1.165, 1.54) is 6.07 Å². The maximum Gasteiger partial charge on any atom is 0.292 e. The van der Waals surface area contributed by atoms with E-state index in [1.54, 1.807) is 25.2 Å². The van der Waals surface area contributed by atoms with E-state index in [0.717, 1.165) is 24.3 Å². The minimum absolute atomic E-state index is 0. The van der Waals surface area contributed by atoms with Gasteiger partial charge in [-0.25, -0.2) is 0 Å². The second-order valence-electron chi connectivity index (χ2n) is 6.29. The van der Waals surface area contributed by atoms with Gasteiger partial charge in [0.25, 0.3) is 5.69 Å². The number of halogens is 1. The van der Waals surface area contributed by atoms with Crippen molar-refractivity contribution in [2.75, 3.05) is 25.5 Å². The van der Waals surface area contributed by atoms with E-state index in [9.17, 15) is 10.1 Å². The maximum absolute atomic E-state index is 11.0. The Hall–Kier alpha value is -2.37. The summed E-state index contributed by atoms with van der Waals surface area (Å²) in [5.41, 5.74) is 1.54. The van der Waals surface area contributed by atoms with Crippen LogP contribution in [-0.2, 0) is 6.54 Å². The molecular weight excluding hydrogens is 487 g/mol. The molecule has 2 rings (SSSR count). The molecule has 1 aromatic heterocycles. The van der Waals surface area contributed by atoms with Crippen LogP contribution in [0.25, 0.3) is 0 Å². The van der Waals surface area contributed by atoms with Gasteiger partial charge in [0.05, 0.1) is 17.2 Å². The molecule has 29 heavy (non-hydrogen) atoms. The zero-order valence-corrected chi connectivity index (χ0v) is 19.3. The number of rotatable bonds is 10. The van der Waals surface area contributed by atoms with Crippen molar-refractivity contribution in [2.24, 2.45) is 4.99 Å². The maximum atomic E-state index is 11.0. The molecule has 0 unspecified atom stereocenters. The summed E-state index contributed by atoms with van der Waals surface area (Å²) >= 11 is 0.